The van der Waals surface area contributed by atoms with Crippen molar-refractivity contribution in [2.75, 3.05) is 6.61 Å². The monoisotopic (exact) mass is 368 g/mol. The van der Waals surface area contributed by atoms with E-state index in [1.54, 1.807) is 0 Å². The summed E-state index contributed by atoms with van der Waals surface area (Å²) in [5.74, 6) is 1.81. The van der Waals surface area contributed by atoms with Gasteiger partial charge in [-0.2, -0.15) is 0 Å². The van der Waals surface area contributed by atoms with Gasteiger partial charge in [0.25, 0.3) is 0 Å². The van der Waals surface area contributed by atoms with Crippen LogP contribution in [0.25, 0.3) is 40.1 Å². The molecule has 0 spiro atoms. The maximum Gasteiger partial charge on any atom is 0.248 e. The van der Waals surface area contributed by atoms with E-state index in [0.29, 0.717) is 18.4 Å². The van der Waals surface area contributed by atoms with Crippen LogP contribution in [-0.4, -0.2) is 16.8 Å². The summed E-state index contributed by atoms with van der Waals surface area (Å²) in [5, 5.41) is 8.36. The second-order valence-corrected chi connectivity index (χ2v) is 6.27. The van der Waals surface area contributed by atoms with Crippen molar-refractivity contribution < 1.29 is 9.15 Å². The third-order valence-corrected chi connectivity index (χ3v) is 4.45. The van der Waals surface area contributed by atoms with Crippen LogP contribution in [0, 0.1) is 0 Å². The van der Waals surface area contributed by atoms with Gasteiger partial charge in [0, 0.05) is 11.1 Å². The topological polar surface area (TPSA) is 48.2 Å². The summed E-state index contributed by atoms with van der Waals surface area (Å²) in [6, 6.07) is 24.0. The van der Waals surface area contributed by atoms with E-state index in [0.717, 1.165) is 33.6 Å². The molecular formula is C24H20N2O2. The van der Waals surface area contributed by atoms with E-state index >= 15 is 0 Å². The van der Waals surface area contributed by atoms with Crippen molar-refractivity contribution in [1.29, 1.82) is 0 Å². The molecule has 1 heterocycles. The summed E-state index contributed by atoms with van der Waals surface area (Å²) < 4.78 is 11.3. The highest BCUT2D eigenvalue weighted by Crippen LogP contribution is 2.27. The number of aromatic nitrogens is 2. The van der Waals surface area contributed by atoms with Crippen molar-refractivity contribution in [2.45, 2.75) is 6.92 Å². The van der Waals surface area contributed by atoms with E-state index in [9.17, 15) is 0 Å². The maximum atomic E-state index is 5.86. The van der Waals surface area contributed by atoms with Crippen molar-refractivity contribution in [1.82, 2.24) is 10.2 Å². The summed E-state index contributed by atoms with van der Waals surface area (Å²) >= 11 is 0. The maximum absolute atomic E-state index is 5.86. The van der Waals surface area contributed by atoms with Crippen molar-refractivity contribution >= 4 is 6.08 Å². The third kappa shape index (κ3) is 3.71. The quantitative estimate of drug-likeness (QED) is 0.412. The molecule has 4 heteroatoms. The van der Waals surface area contributed by atoms with Crippen LogP contribution in [0.15, 0.2) is 83.8 Å². The fraction of sp³-hybridized carbons (Fsp3) is 0.0833. The second kappa shape index (κ2) is 7.92. The Balaban J connectivity index is 1.54. The van der Waals surface area contributed by atoms with Crippen LogP contribution in [0.3, 0.4) is 0 Å². The van der Waals surface area contributed by atoms with Crippen molar-refractivity contribution in [3.05, 3.63) is 84.9 Å². The van der Waals surface area contributed by atoms with E-state index in [4.69, 9.17) is 9.15 Å². The molecule has 0 fully saturated rings. The predicted molar refractivity (Wildman–Crippen MR) is 112 cm³/mol. The Morgan fingerprint density at radius 1 is 0.750 bits per heavy atom. The number of hydrogen-bond acceptors (Lipinski definition) is 4. The van der Waals surface area contributed by atoms with E-state index in [-0.39, 0.29) is 0 Å². The number of rotatable bonds is 6. The Bertz CT molecular complexity index is 1060. The highest BCUT2D eigenvalue weighted by molar-refractivity contribution is 5.69. The van der Waals surface area contributed by atoms with Crippen LogP contribution in [0.4, 0.5) is 0 Å². The standard InChI is InChI=1S/C24H20N2O2/c1-3-17-5-7-18(8-6-17)19-9-11-20(12-10-19)23-25-26-24(28-23)21-13-15-22(16-14-21)27-4-2/h3,5-16H,1,4H2,2H3. The number of benzene rings is 3. The number of hydrogen-bond donors (Lipinski definition) is 0. The van der Waals surface area contributed by atoms with Gasteiger partial charge in [0.05, 0.1) is 6.61 Å². The molecule has 3 aromatic carbocycles. The van der Waals surface area contributed by atoms with E-state index in [1.807, 2.05) is 49.4 Å². The van der Waals surface area contributed by atoms with Crippen LogP contribution in [-0.2, 0) is 0 Å². The smallest absolute Gasteiger partial charge is 0.248 e. The summed E-state index contributed by atoms with van der Waals surface area (Å²) in [6.07, 6.45) is 1.84. The third-order valence-electron chi connectivity index (χ3n) is 4.45. The Hall–Kier alpha value is -3.66. The zero-order valence-corrected chi connectivity index (χ0v) is 15.6. The lowest BCUT2D eigenvalue weighted by molar-refractivity contribution is 0.340. The van der Waals surface area contributed by atoms with E-state index < -0.39 is 0 Å². The molecule has 4 aromatic rings. The lowest BCUT2D eigenvalue weighted by Crippen LogP contribution is -1.90. The summed E-state index contributed by atoms with van der Waals surface area (Å²) in [4.78, 5) is 0. The predicted octanol–water partition coefficient (Wildman–Crippen LogP) is 6.11. The molecule has 0 amide bonds. The van der Waals surface area contributed by atoms with Crippen molar-refractivity contribution in [3.63, 3.8) is 0 Å². The van der Waals surface area contributed by atoms with Gasteiger partial charge in [0.1, 0.15) is 5.75 Å². The number of ether oxygens (including phenoxy) is 1. The molecular weight excluding hydrogens is 348 g/mol. The van der Waals surface area contributed by atoms with Crippen molar-refractivity contribution in [2.24, 2.45) is 0 Å². The molecule has 0 aliphatic heterocycles. The van der Waals surface area contributed by atoms with Gasteiger partial charge in [-0.25, -0.2) is 0 Å². The first-order chi connectivity index (χ1) is 13.8. The Kier molecular flexibility index (Phi) is 5.02. The van der Waals surface area contributed by atoms with Gasteiger partial charge in [-0.15, -0.1) is 10.2 Å². The fourth-order valence-corrected chi connectivity index (χ4v) is 2.93. The molecule has 28 heavy (non-hydrogen) atoms. The van der Waals surface area contributed by atoms with Crippen LogP contribution in [0.5, 0.6) is 5.75 Å². The first-order valence-corrected chi connectivity index (χ1v) is 9.17. The molecule has 4 nitrogen and oxygen atoms in total. The molecule has 0 aliphatic rings. The molecule has 1 aromatic heterocycles. The van der Waals surface area contributed by atoms with Gasteiger partial charge in [-0.05, 0) is 60.0 Å². The molecule has 0 bridgehead atoms. The van der Waals surface area contributed by atoms with Crippen LogP contribution in [0.1, 0.15) is 12.5 Å². The molecule has 0 radical (unpaired) electrons. The molecule has 0 atom stereocenters. The second-order valence-electron chi connectivity index (χ2n) is 6.27. The first-order valence-electron chi connectivity index (χ1n) is 9.17. The highest BCUT2D eigenvalue weighted by Gasteiger charge is 2.11. The molecule has 0 aliphatic carbocycles. The summed E-state index contributed by atoms with van der Waals surface area (Å²) in [7, 11) is 0. The molecule has 0 N–H and O–H groups in total. The lowest BCUT2D eigenvalue weighted by atomic mass is 10.0. The van der Waals surface area contributed by atoms with Crippen LogP contribution < -0.4 is 4.74 Å². The van der Waals surface area contributed by atoms with E-state index in [2.05, 4.69) is 53.2 Å². The largest absolute Gasteiger partial charge is 0.494 e. The minimum atomic E-state index is 0.488. The van der Waals surface area contributed by atoms with Gasteiger partial charge in [-0.3, -0.25) is 0 Å². The van der Waals surface area contributed by atoms with Crippen LogP contribution in [0.2, 0.25) is 0 Å². The summed E-state index contributed by atoms with van der Waals surface area (Å²) in [6.45, 7) is 6.38. The average molecular weight is 368 g/mol. The highest BCUT2D eigenvalue weighted by atomic mass is 16.5. The zero-order valence-electron chi connectivity index (χ0n) is 15.6. The molecule has 4 rings (SSSR count). The Morgan fingerprint density at radius 2 is 1.21 bits per heavy atom. The van der Waals surface area contributed by atoms with Gasteiger partial charge in [0.2, 0.25) is 11.8 Å². The van der Waals surface area contributed by atoms with Gasteiger partial charge in [0.15, 0.2) is 0 Å². The first kappa shape index (κ1) is 17.7. The average Bonchev–Trinajstić information content (AvgIpc) is 3.25. The van der Waals surface area contributed by atoms with E-state index in [1.165, 1.54) is 0 Å². The Labute approximate surface area is 164 Å². The zero-order chi connectivity index (χ0) is 19.3. The molecule has 0 saturated carbocycles. The minimum absolute atomic E-state index is 0.488. The molecule has 0 saturated heterocycles. The van der Waals surface area contributed by atoms with Gasteiger partial charge >= 0.3 is 0 Å². The normalized spacial score (nSPS) is 10.6. The van der Waals surface area contributed by atoms with Crippen LogP contribution >= 0.6 is 0 Å². The molecule has 0 unspecified atom stereocenters. The SMILES string of the molecule is C=Cc1ccc(-c2ccc(-c3nnc(-c4ccc(OCC)cc4)o3)cc2)cc1. The van der Waals surface area contributed by atoms with Crippen molar-refractivity contribution in [3.8, 4) is 39.8 Å². The summed E-state index contributed by atoms with van der Waals surface area (Å²) in [5.41, 5.74) is 5.13. The van der Waals surface area contributed by atoms with Gasteiger partial charge in [-0.1, -0.05) is 49.1 Å². The minimum Gasteiger partial charge on any atom is -0.494 e. The Morgan fingerprint density at radius 3 is 1.71 bits per heavy atom. The fourth-order valence-electron chi connectivity index (χ4n) is 2.93. The van der Waals surface area contributed by atoms with Gasteiger partial charge < -0.3 is 9.15 Å². The molecule has 138 valence electrons. The number of nitrogens with zero attached hydrogens (tertiary/aromatic N) is 2. The lowest BCUT2D eigenvalue weighted by Gasteiger charge is -2.03.